The molecule has 0 aliphatic carbocycles. The van der Waals surface area contributed by atoms with Crippen molar-refractivity contribution < 1.29 is 4.39 Å². The van der Waals surface area contributed by atoms with E-state index in [0.717, 1.165) is 50.4 Å². The van der Waals surface area contributed by atoms with Crippen molar-refractivity contribution >= 4 is 23.3 Å². The Hall–Kier alpha value is -3.27. The zero-order valence-electron chi connectivity index (χ0n) is 21.0. The normalized spacial score (nSPS) is 17.0. The van der Waals surface area contributed by atoms with Crippen molar-refractivity contribution in [2.24, 2.45) is 7.05 Å². The molecule has 2 aliphatic rings. The topological polar surface area (TPSA) is 78.2 Å². The molecule has 2 aliphatic heterocycles. The molecule has 0 radical (unpaired) electrons. The van der Waals surface area contributed by atoms with Gasteiger partial charge in [-0.3, -0.25) is 4.68 Å². The molecule has 1 saturated heterocycles. The number of likely N-dealkylation sites (N-methyl/N-ethyl adjacent to an activating group) is 1. The van der Waals surface area contributed by atoms with Crippen LogP contribution >= 0.6 is 0 Å². The number of fused-ring (bicyclic) bond motifs is 1. The minimum absolute atomic E-state index is 0.303. The zero-order chi connectivity index (χ0) is 24.5. The van der Waals surface area contributed by atoms with E-state index in [1.165, 1.54) is 17.5 Å². The summed E-state index contributed by atoms with van der Waals surface area (Å²) in [7, 11) is 4.14. The predicted octanol–water partition coefficient (Wildman–Crippen LogP) is 3.32. The molecule has 0 atom stereocenters. The van der Waals surface area contributed by atoms with Crippen LogP contribution < -0.4 is 15.1 Å². The first-order chi connectivity index (χ1) is 16.9. The molecule has 10 heteroatoms. The van der Waals surface area contributed by atoms with Gasteiger partial charge < -0.3 is 20.0 Å². The average molecular weight is 480 g/mol. The molecule has 5 heterocycles. The van der Waals surface area contributed by atoms with E-state index in [-0.39, 0.29) is 0 Å². The Morgan fingerprint density at radius 3 is 2.60 bits per heavy atom. The standard InChI is InChI=1S/C25H34FN9/c1-17(2)23-19-16-35(11-8-21(19)31-33(23)4)24-20(26)15-28-25(30-24)29-22-7-6-18(14-27-22)34-10-5-9-32(3)12-13-34/h6-7,14-15,17H,5,8-13,16H2,1-4H3,(H,27,28,29,30). The van der Waals surface area contributed by atoms with Gasteiger partial charge in [0, 0.05) is 57.4 Å². The fourth-order valence-corrected chi connectivity index (χ4v) is 5.13. The molecule has 0 saturated carbocycles. The Morgan fingerprint density at radius 2 is 1.83 bits per heavy atom. The van der Waals surface area contributed by atoms with Crippen LogP contribution in [-0.4, -0.2) is 69.4 Å². The number of nitrogens with one attached hydrogen (secondary N) is 1. The zero-order valence-corrected chi connectivity index (χ0v) is 21.0. The maximum absolute atomic E-state index is 14.8. The lowest BCUT2D eigenvalue weighted by Crippen LogP contribution is -2.32. The highest BCUT2D eigenvalue weighted by atomic mass is 19.1. The summed E-state index contributed by atoms with van der Waals surface area (Å²) >= 11 is 0. The van der Waals surface area contributed by atoms with Crippen LogP contribution in [0.5, 0.6) is 0 Å². The van der Waals surface area contributed by atoms with Gasteiger partial charge in [-0.25, -0.2) is 14.4 Å². The van der Waals surface area contributed by atoms with Crippen LogP contribution in [0.1, 0.15) is 43.1 Å². The lowest BCUT2D eigenvalue weighted by atomic mass is 9.99. The number of aromatic nitrogens is 5. The van der Waals surface area contributed by atoms with Gasteiger partial charge in [-0.05, 0) is 38.1 Å². The lowest BCUT2D eigenvalue weighted by Gasteiger charge is -2.28. The van der Waals surface area contributed by atoms with E-state index in [1.807, 2.05) is 28.9 Å². The maximum atomic E-state index is 14.8. The summed E-state index contributed by atoms with van der Waals surface area (Å²) in [5.74, 6) is 1.18. The van der Waals surface area contributed by atoms with E-state index in [0.29, 0.717) is 36.6 Å². The van der Waals surface area contributed by atoms with Gasteiger partial charge in [0.1, 0.15) is 5.82 Å². The van der Waals surface area contributed by atoms with Crippen molar-refractivity contribution in [2.45, 2.75) is 39.2 Å². The second-order valence-corrected chi connectivity index (χ2v) is 9.80. The van der Waals surface area contributed by atoms with Gasteiger partial charge in [0.05, 0.1) is 23.8 Å². The Morgan fingerprint density at radius 1 is 0.971 bits per heavy atom. The number of nitrogens with zero attached hydrogens (tertiary/aromatic N) is 8. The third kappa shape index (κ3) is 4.93. The molecule has 1 fully saturated rings. The van der Waals surface area contributed by atoms with E-state index >= 15 is 0 Å². The molecule has 1 N–H and O–H groups in total. The molecule has 9 nitrogen and oxygen atoms in total. The largest absolute Gasteiger partial charge is 0.369 e. The SMILES string of the molecule is CC(C)c1c2c(nn1C)CCN(c1nc(Nc3ccc(N4CCCN(C)CC4)cn3)ncc1F)C2. The van der Waals surface area contributed by atoms with Crippen molar-refractivity contribution in [3.8, 4) is 0 Å². The van der Waals surface area contributed by atoms with Crippen LogP contribution in [0.15, 0.2) is 24.5 Å². The van der Waals surface area contributed by atoms with Crippen LogP contribution in [-0.2, 0) is 20.0 Å². The van der Waals surface area contributed by atoms with E-state index in [4.69, 9.17) is 0 Å². The monoisotopic (exact) mass is 479 g/mol. The molecule has 3 aromatic rings. The Kier molecular flexibility index (Phi) is 6.55. The highest BCUT2D eigenvalue weighted by Crippen LogP contribution is 2.30. The average Bonchev–Trinajstić information content (AvgIpc) is 3.02. The molecule has 0 unspecified atom stereocenters. The van der Waals surface area contributed by atoms with E-state index in [2.05, 4.69) is 62.1 Å². The molecule has 35 heavy (non-hydrogen) atoms. The first-order valence-corrected chi connectivity index (χ1v) is 12.4. The summed E-state index contributed by atoms with van der Waals surface area (Å²) in [4.78, 5) is 19.9. The van der Waals surface area contributed by atoms with Gasteiger partial charge >= 0.3 is 0 Å². The third-order valence-corrected chi connectivity index (χ3v) is 6.89. The van der Waals surface area contributed by atoms with Gasteiger partial charge in [-0.1, -0.05) is 13.8 Å². The minimum atomic E-state index is -0.427. The van der Waals surface area contributed by atoms with Gasteiger partial charge in [-0.15, -0.1) is 0 Å². The Bertz CT molecular complexity index is 1170. The minimum Gasteiger partial charge on any atom is -0.369 e. The van der Waals surface area contributed by atoms with E-state index in [9.17, 15) is 4.39 Å². The number of hydrogen-bond donors (Lipinski definition) is 1. The predicted molar refractivity (Wildman–Crippen MR) is 136 cm³/mol. The Labute approximate surface area is 206 Å². The first-order valence-electron chi connectivity index (χ1n) is 12.4. The molecule has 5 rings (SSSR count). The Balaban J connectivity index is 1.31. The third-order valence-electron chi connectivity index (χ3n) is 6.89. The molecule has 0 amide bonds. The molecule has 186 valence electrons. The van der Waals surface area contributed by atoms with E-state index in [1.54, 1.807) is 0 Å². The van der Waals surface area contributed by atoms with Gasteiger partial charge in [0.15, 0.2) is 11.6 Å². The van der Waals surface area contributed by atoms with Crippen molar-refractivity contribution in [1.82, 2.24) is 29.6 Å². The number of rotatable bonds is 5. The summed E-state index contributed by atoms with van der Waals surface area (Å²) in [6.45, 7) is 9.74. The van der Waals surface area contributed by atoms with Crippen LogP contribution in [0, 0.1) is 5.82 Å². The second-order valence-electron chi connectivity index (χ2n) is 9.80. The first kappa shape index (κ1) is 23.5. The van der Waals surface area contributed by atoms with Crippen molar-refractivity contribution in [3.05, 3.63) is 47.3 Å². The highest BCUT2D eigenvalue weighted by Gasteiger charge is 2.27. The summed E-state index contributed by atoms with van der Waals surface area (Å²) in [6.07, 6.45) is 5.00. The van der Waals surface area contributed by atoms with Crippen molar-refractivity contribution in [2.75, 3.05) is 54.9 Å². The van der Waals surface area contributed by atoms with Crippen LogP contribution in [0.25, 0.3) is 0 Å². The van der Waals surface area contributed by atoms with Crippen molar-refractivity contribution in [1.29, 1.82) is 0 Å². The smallest absolute Gasteiger partial charge is 0.230 e. The summed E-state index contributed by atoms with van der Waals surface area (Å²) < 4.78 is 16.8. The molecule has 0 aromatic carbocycles. The molecule has 3 aromatic heterocycles. The van der Waals surface area contributed by atoms with Gasteiger partial charge in [0.2, 0.25) is 5.95 Å². The summed E-state index contributed by atoms with van der Waals surface area (Å²) in [6, 6.07) is 3.99. The van der Waals surface area contributed by atoms with Crippen molar-refractivity contribution in [3.63, 3.8) is 0 Å². The summed E-state index contributed by atoms with van der Waals surface area (Å²) in [5, 5.41) is 7.83. The summed E-state index contributed by atoms with van der Waals surface area (Å²) in [5.41, 5.74) is 4.57. The lowest BCUT2D eigenvalue weighted by molar-refractivity contribution is 0.360. The number of aryl methyl sites for hydroxylation is 1. The number of hydrogen-bond acceptors (Lipinski definition) is 8. The quantitative estimate of drug-likeness (QED) is 0.597. The number of pyridine rings is 1. The molecular formula is C25H34FN9. The van der Waals surface area contributed by atoms with E-state index < -0.39 is 5.82 Å². The van der Waals surface area contributed by atoms with Gasteiger partial charge in [-0.2, -0.15) is 10.1 Å². The highest BCUT2D eigenvalue weighted by molar-refractivity contribution is 5.56. The molecule has 0 bridgehead atoms. The molecular weight excluding hydrogens is 445 g/mol. The van der Waals surface area contributed by atoms with Crippen LogP contribution in [0.4, 0.5) is 27.7 Å². The van der Waals surface area contributed by atoms with Gasteiger partial charge in [0.25, 0.3) is 0 Å². The van der Waals surface area contributed by atoms with Crippen LogP contribution in [0.3, 0.4) is 0 Å². The molecule has 0 spiro atoms. The fourth-order valence-electron chi connectivity index (χ4n) is 5.13. The van der Waals surface area contributed by atoms with Crippen LogP contribution in [0.2, 0.25) is 0 Å². The fraction of sp³-hybridized carbons (Fsp3) is 0.520. The second kappa shape index (κ2) is 9.77. The number of anilines is 4. The maximum Gasteiger partial charge on any atom is 0.230 e. The number of halogens is 1.